The number of furan rings is 1. The number of fused-ring (bicyclic) bond motifs is 2. The topological polar surface area (TPSA) is 30.2 Å². The lowest BCUT2D eigenvalue weighted by molar-refractivity contribution is -0.127. The maximum atomic E-state index is 11.7. The molecule has 2 aliphatic carbocycles. The Morgan fingerprint density at radius 3 is 3.21 bits per heavy atom. The summed E-state index contributed by atoms with van der Waals surface area (Å²) in [6.45, 7) is 0. The van der Waals surface area contributed by atoms with Crippen LogP contribution in [-0.4, -0.2) is 5.78 Å². The van der Waals surface area contributed by atoms with Crippen molar-refractivity contribution in [1.29, 1.82) is 0 Å². The minimum Gasteiger partial charge on any atom is -0.469 e. The van der Waals surface area contributed by atoms with E-state index < -0.39 is 0 Å². The van der Waals surface area contributed by atoms with Crippen molar-refractivity contribution in [3.8, 4) is 0 Å². The second kappa shape index (κ2) is 2.97. The van der Waals surface area contributed by atoms with E-state index in [1.807, 2.05) is 0 Å². The van der Waals surface area contributed by atoms with Crippen LogP contribution in [0, 0.1) is 11.8 Å². The molecule has 1 aromatic heterocycles. The SMILES string of the molecule is O=C1CCCC2Cc3ccoc3CC12. The van der Waals surface area contributed by atoms with Gasteiger partial charge in [0.25, 0.3) is 0 Å². The molecule has 0 spiro atoms. The number of Topliss-reactive ketones (excluding diaryl/α,β-unsaturated/α-hetero) is 1. The zero-order valence-electron chi connectivity index (χ0n) is 8.16. The van der Waals surface area contributed by atoms with Gasteiger partial charge in [0.1, 0.15) is 11.5 Å². The first kappa shape index (κ1) is 8.27. The molecular formula is C12H14O2. The summed E-state index contributed by atoms with van der Waals surface area (Å²) in [4.78, 5) is 11.7. The van der Waals surface area contributed by atoms with Gasteiger partial charge >= 0.3 is 0 Å². The highest BCUT2D eigenvalue weighted by atomic mass is 16.3. The van der Waals surface area contributed by atoms with Gasteiger partial charge in [0.15, 0.2) is 0 Å². The number of hydrogen-bond donors (Lipinski definition) is 0. The molecule has 2 aliphatic rings. The first-order valence-corrected chi connectivity index (χ1v) is 5.42. The summed E-state index contributed by atoms with van der Waals surface area (Å²) < 4.78 is 5.40. The van der Waals surface area contributed by atoms with Gasteiger partial charge in [0, 0.05) is 18.8 Å². The van der Waals surface area contributed by atoms with Gasteiger partial charge in [-0.15, -0.1) is 0 Å². The molecule has 74 valence electrons. The zero-order chi connectivity index (χ0) is 9.54. The lowest BCUT2D eigenvalue weighted by Crippen LogP contribution is -2.34. The molecule has 14 heavy (non-hydrogen) atoms. The van der Waals surface area contributed by atoms with Crippen molar-refractivity contribution in [2.45, 2.75) is 32.1 Å². The molecule has 1 heterocycles. The predicted molar refractivity (Wildman–Crippen MR) is 52.0 cm³/mol. The van der Waals surface area contributed by atoms with Crippen molar-refractivity contribution in [1.82, 2.24) is 0 Å². The average molecular weight is 190 g/mol. The number of ketones is 1. The molecule has 0 N–H and O–H groups in total. The Morgan fingerprint density at radius 1 is 1.36 bits per heavy atom. The first-order chi connectivity index (χ1) is 6.84. The van der Waals surface area contributed by atoms with Gasteiger partial charge in [-0.1, -0.05) is 0 Å². The fourth-order valence-electron chi connectivity index (χ4n) is 2.92. The van der Waals surface area contributed by atoms with Crippen LogP contribution >= 0.6 is 0 Å². The molecule has 0 radical (unpaired) electrons. The predicted octanol–water partition coefficient (Wildman–Crippen LogP) is 2.36. The van der Waals surface area contributed by atoms with Crippen LogP contribution in [-0.2, 0) is 17.6 Å². The second-order valence-electron chi connectivity index (χ2n) is 4.50. The van der Waals surface area contributed by atoms with Crippen molar-refractivity contribution >= 4 is 5.78 Å². The highest BCUT2D eigenvalue weighted by molar-refractivity contribution is 5.82. The van der Waals surface area contributed by atoms with E-state index in [1.165, 1.54) is 12.0 Å². The molecule has 2 atom stereocenters. The standard InChI is InChI=1S/C12H14O2/c13-11-3-1-2-8-6-9-4-5-14-12(9)7-10(8)11/h4-5,8,10H,1-3,6-7H2. The fraction of sp³-hybridized carbons (Fsp3) is 0.583. The molecule has 2 heteroatoms. The van der Waals surface area contributed by atoms with Crippen molar-refractivity contribution in [3.05, 3.63) is 23.7 Å². The Balaban J connectivity index is 1.94. The summed E-state index contributed by atoms with van der Waals surface area (Å²) in [5.74, 6) is 2.38. The van der Waals surface area contributed by atoms with Crippen LogP contribution < -0.4 is 0 Å². The number of hydrogen-bond acceptors (Lipinski definition) is 2. The van der Waals surface area contributed by atoms with E-state index in [4.69, 9.17) is 4.42 Å². The van der Waals surface area contributed by atoms with Crippen molar-refractivity contribution in [3.63, 3.8) is 0 Å². The third-order valence-electron chi connectivity index (χ3n) is 3.71. The number of rotatable bonds is 0. The first-order valence-electron chi connectivity index (χ1n) is 5.42. The molecule has 1 aromatic rings. The zero-order valence-corrected chi connectivity index (χ0v) is 8.16. The number of carbonyl (C=O) groups is 1. The summed E-state index contributed by atoms with van der Waals surface area (Å²) in [5, 5.41) is 0. The van der Waals surface area contributed by atoms with Gasteiger partial charge in [0.2, 0.25) is 0 Å². The Bertz CT molecular complexity index is 364. The minimum atomic E-state index is 0.266. The van der Waals surface area contributed by atoms with Crippen LogP contribution in [0.2, 0.25) is 0 Å². The van der Waals surface area contributed by atoms with E-state index in [-0.39, 0.29) is 5.92 Å². The van der Waals surface area contributed by atoms with Crippen molar-refractivity contribution in [2.75, 3.05) is 0 Å². The summed E-state index contributed by atoms with van der Waals surface area (Å²) in [6, 6.07) is 2.06. The Kier molecular flexibility index (Phi) is 1.76. The van der Waals surface area contributed by atoms with Crippen LogP contribution in [0.3, 0.4) is 0 Å². The third-order valence-corrected chi connectivity index (χ3v) is 3.71. The van der Waals surface area contributed by atoms with Crippen molar-refractivity contribution < 1.29 is 9.21 Å². The Labute approximate surface area is 83.3 Å². The molecule has 2 unspecified atom stereocenters. The fourth-order valence-corrected chi connectivity index (χ4v) is 2.92. The minimum absolute atomic E-state index is 0.266. The lowest BCUT2D eigenvalue weighted by Gasteiger charge is -2.33. The van der Waals surface area contributed by atoms with Gasteiger partial charge in [-0.05, 0) is 36.8 Å². The van der Waals surface area contributed by atoms with E-state index in [2.05, 4.69) is 6.07 Å². The smallest absolute Gasteiger partial charge is 0.136 e. The van der Waals surface area contributed by atoms with E-state index in [0.29, 0.717) is 11.7 Å². The van der Waals surface area contributed by atoms with Gasteiger partial charge in [0.05, 0.1) is 6.26 Å². The largest absolute Gasteiger partial charge is 0.469 e. The summed E-state index contributed by atoms with van der Waals surface area (Å²) in [7, 11) is 0. The Morgan fingerprint density at radius 2 is 2.29 bits per heavy atom. The average Bonchev–Trinajstić information content (AvgIpc) is 2.62. The molecular weight excluding hydrogens is 176 g/mol. The Hall–Kier alpha value is -1.05. The van der Waals surface area contributed by atoms with E-state index >= 15 is 0 Å². The highest BCUT2D eigenvalue weighted by Gasteiger charge is 2.36. The van der Waals surface area contributed by atoms with Crippen LogP contribution in [0.5, 0.6) is 0 Å². The van der Waals surface area contributed by atoms with Crippen LogP contribution in [0.25, 0.3) is 0 Å². The molecule has 0 bridgehead atoms. The molecule has 0 saturated heterocycles. The van der Waals surface area contributed by atoms with Crippen LogP contribution in [0.4, 0.5) is 0 Å². The van der Waals surface area contributed by atoms with Crippen LogP contribution in [0.15, 0.2) is 16.7 Å². The molecule has 0 aliphatic heterocycles. The molecule has 3 rings (SSSR count). The molecule has 2 nitrogen and oxygen atoms in total. The summed E-state index contributed by atoms with van der Waals surface area (Å²) in [6.07, 6.45) is 6.77. The second-order valence-corrected chi connectivity index (χ2v) is 4.50. The molecule has 0 aromatic carbocycles. The highest BCUT2D eigenvalue weighted by Crippen LogP contribution is 2.38. The quantitative estimate of drug-likeness (QED) is 0.628. The van der Waals surface area contributed by atoms with Gasteiger partial charge in [-0.25, -0.2) is 0 Å². The van der Waals surface area contributed by atoms with Gasteiger partial charge in [-0.3, -0.25) is 4.79 Å². The monoisotopic (exact) mass is 190 g/mol. The normalized spacial score (nSPS) is 31.0. The maximum Gasteiger partial charge on any atom is 0.136 e. The lowest BCUT2D eigenvalue weighted by atomic mass is 9.70. The van der Waals surface area contributed by atoms with E-state index in [9.17, 15) is 4.79 Å². The van der Waals surface area contributed by atoms with Gasteiger partial charge in [-0.2, -0.15) is 0 Å². The third kappa shape index (κ3) is 1.13. The van der Waals surface area contributed by atoms with E-state index in [0.717, 1.165) is 31.4 Å². The maximum absolute atomic E-state index is 11.7. The molecule has 1 saturated carbocycles. The van der Waals surface area contributed by atoms with Crippen molar-refractivity contribution in [2.24, 2.45) is 11.8 Å². The van der Waals surface area contributed by atoms with Gasteiger partial charge < -0.3 is 4.42 Å². The summed E-state index contributed by atoms with van der Waals surface area (Å²) >= 11 is 0. The van der Waals surface area contributed by atoms with Crippen LogP contribution in [0.1, 0.15) is 30.6 Å². The molecule has 1 fully saturated rings. The number of carbonyl (C=O) groups excluding carboxylic acids is 1. The van der Waals surface area contributed by atoms with E-state index in [1.54, 1.807) is 6.26 Å². The molecule has 0 amide bonds. The summed E-state index contributed by atoms with van der Waals surface area (Å²) in [5.41, 5.74) is 1.33.